The van der Waals surface area contributed by atoms with Crippen LogP contribution in [0.5, 0.6) is 0 Å². The maximum atomic E-state index is 13.9. The van der Waals surface area contributed by atoms with E-state index in [1.807, 2.05) is 18.5 Å². The minimum absolute atomic E-state index is 0.0684. The van der Waals surface area contributed by atoms with Gasteiger partial charge >= 0.3 is 0 Å². The molecule has 0 bridgehead atoms. The third kappa shape index (κ3) is 4.02. The Hall–Kier alpha value is -1.46. The third-order valence-corrected chi connectivity index (χ3v) is 3.78. The van der Waals surface area contributed by atoms with Crippen molar-refractivity contribution in [2.75, 3.05) is 6.54 Å². The van der Waals surface area contributed by atoms with Crippen LogP contribution in [0.1, 0.15) is 25.2 Å². The summed E-state index contributed by atoms with van der Waals surface area (Å²) in [4.78, 5) is 4.28. The first-order chi connectivity index (χ1) is 10.2. The highest BCUT2D eigenvalue weighted by molar-refractivity contribution is 6.31. The van der Waals surface area contributed by atoms with E-state index in [1.165, 1.54) is 6.07 Å². The average molecular weight is 311 g/mol. The van der Waals surface area contributed by atoms with E-state index in [-0.39, 0.29) is 11.9 Å². The van der Waals surface area contributed by atoms with Crippen molar-refractivity contribution in [1.82, 2.24) is 20.1 Å². The lowest BCUT2D eigenvalue weighted by atomic mass is 10.0. The molecule has 1 atom stereocenters. The molecule has 0 saturated carbocycles. The molecule has 2 rings (SSSR count). The molecular weight excluding hydrogens is 291 g/mol. The minimum Gasteiger partial charge on any atom is -0.313 e. The fourth-order valence-corrected chi connectivity index (χ4v) is 2.65. The van der Waals surface area contributed by atoms with Gasteiger partial charge < -0.3 is 5.32 Å². The summed E-state index contributed by atoms with van der Waals surface area (Å²) in [6, 6.07) is 4.85. The quantitative estimate of drug-likeness (QED) is 0.855. The number of aromatic nitrogens is 3. The first-order valence-electron chi connectivity index (χ1n) is 7.18. The van der Waals surface area contributed by atoms with Crippen LogP contribution in [0, 0.1) is 5.82 Å². The van der Waals surface area contributed by atoms with Crippen LogP contribution in [0.25, 0.3) is 0 Å². The number of hydrogen-bond donors (Lipinski definition) is 1. The molecule has 2 aromatic rings. The van der Waals surface area contributed by atoms with E-state index in [9.17, 15) is 4.39 Å². The second-order valence-corrected chi connectivity index (χ2v) is 5.26. The zero-order valence-corrected chi connectivity index (χ0v) is 13.1. The molecule has 1 aromatic heterocycles. The van der Waals surface area contributed by atoms with E-state index in [0.717, 1.165) is 18.9 Å². The van der Waals surface area contributed by atoms with Gasteiger partial charge in [0, 0.05) is 29.6 Å². The largest absolute Gasteiger partial charge is 0.313 e. The van der Waals surface area contributed by atoms with Crippen LogP contribution < -0.4 is 5.32 Å². The van der Waals surface area contributed by atoms with E-state index < -0.39 is 0 Å². The van der Waals surface area contributed by atoms with Crippen LogP contribution in [0.15, 0.2) is 24.5 Å². The van der Waals surface area contributed by atoms with Crippen molar-refractivity contribution in [3.63, 3.8) is 0 Å². The molecule has 0 aliphatic heterocycles. The number of halogens is 2. The Kier molecular flexibility index (Phi) is 5.70. The molecule has 0 aliphatic rings. The molecule has 0 amide bonds. The lowest BCUT2D eigenvalue weighted by Crippen LogP contribution is -2.34. The molecule has 0 radical (unpaired) electrons. The Labute approximate surface area is 129 Å². The standard InChI is InChI=1S/C15H20ClFN4/c1-3-18-11(9-15-19-10-20-21(15)4-2)8-12-13(16)6-5-7-14(12)17/h5-7,10-11,18H,3-4,8-9H2,1-2H3. The number of hydrogen-bond acceptors (Lipinski definition) is 3. The molecule has 1 N–H and O–H groups in total. The van der Waals surface area contributed by atoms with E-state index in [2.05, 4.69) is 15.4 Å². The fourth-order valence-electron chi connectivity index (χ4n) is 2.41. The zero-order chi connectivity index (χ0) is 15.2. The van der Waals surface area contributed by atoms with Gasteiger partial charge in [0.2, 0.25) is 0 Å². The van der Waals surface area contributed by atoms with Crippen LogP contribution >= 0.6 is 11.6 Å². The topological polar surface area (TPSA) is 42.7 Å². The minimum atomic E-state index is -0.262. The van der Waals surface area contributed by atoms with Gasteiger partial charge in [-0.15, -0.1) is 0 Å². The van der Waals surface area contributed by atoms with Gasteiger partial charge in [0.1, 0.15) is 18.0 Å². The van der Waals surface area contributed by atoms with Gasteiger partial charge in [-0.05, 0) is 32.0 Å². The fraction of sp³-hybridized carbons (Fsp3) is 0.467. The van der Waals surface area contributed by atoms with Gasteiger partial charge in [-0.3, -0.25) is 4.68 Å². The highest BCUT2D eigenvalue weighted by atomic mass is 35.5. The Morgan fingerprint density at radius 1 is 1.33 bits per heavy atom. The van der Waals surface area contributed by atoms with E-state index in [4.69, 9.17) is 11.6 Å². The molecule has 0 spiro atoms. The summed E-state index contributed by atoms with van der Waals surface area (Å²) in [6.07, 6.45) is 2.76. The number of likely N-dealkylation sites (N-methyl/N-ethyl adjacent to an activating group) is 1. The third-order valence-electron chi connectivity index (χ3n) is 3.43. The number of nitrogens with one attached hydrogen (secondary N) is 1. The van der Waals surface area contributed by atoms with Crippen molar-refractivity contribution in [2.45, 2.75) is 39.3 Å². The van der Waals surface area contributed by atoms with Crippen molar-refractivity contribution >= 4 is 11.6 Å². The van der Waals surface area contributed by atoms with Crippen LogP contribution in [-0.4, -0.2) is 27.4 Å². The summed E-state index contributed by atoms with van der Waals surface area (Å²) < 4.78 is 15.8. The number of aryl methyl sites for hydroxylation is 1. The van der Waals surface area contributed by atoms with Crippen LogP contribution in [0.3, 0.4) is 0 Å². The molecule has 21 heavy (non-hydrogen) atoms. The highest BCUT2D eigenvalue weighted by Gasteiger charge is 2.17. The molecule has 0 aliphatic carbocycles. The van der Waals surface area contributed by atoms with Crippen molar-refractivity contribution in [1.29, 1.82) is 0 Å². The van der Waals surface area contributed by atoms with Crippen molar-refractivity contribution in [2.24, 2.45) is 0 Å². The number of nitrogens with zero attached hydrogens (tertiary/aromatic N) is 3. The summed E-state index contributed by atoms with van der Waals surface area (Å²) in [5.41, 5.74) is 0.549. The van der Waals surface area contributed by atoms with Gasteiger partial charge in [0.15, 0.2) is 0 Å². The highest BCUT2D eigenvalue weighted by Crippen LogP contribution is 2.21. The maximum absolute atomic E-state index is 13.9. The molecule has 6 heteroatoms. The lowest BCUT2D eigenvalue weighted by Gasteiger charge is -2.19. The van der Waals surface area contributed by atoms with Gasteiger partial charge in [-0.2, -0.15) is 5.10 Å². The number of rotatable bonds is 7. The summed E-state index contributed by atoms with van der Waals surface area (Å²) in [5.74, 6) is 0.637. The Morgan fingerprint density at radius 2 is 2.14 bits per heavy atom. The van der Waals surface area contributed by atoms with Gasteiger partial charge in [-0.25, -0.2) is 9.37 Å². The number of benzene rings is 1. The molecule has 1 heterocycles. The second-order valence-electron chi connectivity index (χ2n) is 4.86. The zero-order valence-electron chi connectivity index (χ0n) is 12.3. The van der Waals surface area contributed by atoms with Gasteiger partial charge in [0.25, 0.3) is 0 Å². The normalized spacial score (nSPS) is 12.6. The van der Waals surface area contributed by atoms with Gasteiger partial charge in [0.05, 0.1) is 0 Å². The summed E-state index contributed by atoms with van der Waals surface area (Å²) in [6.45, 7) is 5.63. The van der Waals surface area contributed by atoms with Crippen molar-refractivity contribution < 1.29 is 4.39 Å². The first kappa shape index (κ1) is 15.9. The van der Waals surface area contributed by atoms with Crippen LogP contribution in [0.2, 0.25) is 5.02 Å². The summed E-state index contributed by atoms with van der Waals surface area (Å²) in [7, 11) is 0. The lowest BCUT2D eigenvalue weighted by molar-refractivity contribution is 0.480. The molecule has 114 valence electrons. The van der Waals surface area contributed by atoms with Crippen molar-refractivity contribution in [3.8, 4) is 0 Å². The van der Waals surface area contributed by atoms with Crippen LogP contribution in [0.4, 0.5) is 4.39 Å². The van der Waals surface area contributed by atoms with Crippen molar-refractivity contribution in [3.05, 3.63) is 46.8 Å². The average Bonchev–Trinajstić information content (AvgIpc) is 2.90. The maximum Gasteiger partial charge on any atom is 0.138 e. The first-order valence-corrected chi connectivity index (χ1v) is 7.56. The molecular formula is C15H20ClFN4. The SMILES string of the molecule is CCNC(Cc1c(F)cccc1Cl)Cc1ncnn1CC. The Morgan fingerprint density at radius 3 is 2.81 bits per heavy atom. The summed E-state index contributed by atoms with van der Waals surface area (Å²) in [5, 5.41) is 8.00. The summed E-state index contributed by atoms with van der Waals surface area (Å²) >= 11 is 6.11. The van der Waals surface area contributed by atoms with E-state index >= 15 is 0 Å². The Balaban J connectivity index is 2.16. The van der Waals surface area contributed by atoms with E-state index in [0.29, 0.717) is 23.4 Å². The van der Waals surface area contributed by atoms with Crippen LogP contribution in [-0.2, 0) is 19.4 Å². The second kappa shape index (κ2) is 7.52. The smallest absolute Gasteiger partial charge is 0.138 e. The Bertz CT molecular complexity index is 565. The monoisotopic (exact) mass is 310 g/mol. The molecule has 1 unspecified atom stereocenters. The predicted molar refractivity (Wildman–Crippen MR) is 82.0 cm³/mol. The predicted octanol–water partition coefficient (Wildman–Crippen LogP) is 2.85. The molecule has 4 nitrogen and oxygen atoms in total. The molecule has 0 fully saturated rings. The van der Waals surface area contributed by atoms with Gasteiger partial charge in [-0.1, -0.05) is 24.6 Å². The molecule has 0 saturated heterocycles. The van der Waals surface area contributed by atoms with E-state index in [1.54, 1.807) is 18.5 Å². The molecule has 1 aromatic carbocycles.